The van der Waals surface area contributed by atoms with Crippen molar-refractivity contribution in [1.82, 2.24) is 10.2 Å². The van der Waals surface area contributed by atoms with E-state index in [1.807, 2.05) is 6.07 Å². The number of anilines is 1. The third-order valence-electron chi connectivity index (χ3n) is 2.21. The molecule has 0 aliphatic carbocycles. The van der Waals surface area contributed by atoms with E-state index in [0.717, 1.165) is 12.1 Å². The molecule has 3 nitrogen and oxygen atoms in total. The van der Waals surface area contributed by atoms with Gasteiger partial charge < -0.3 is 5.73 Å². The lowest BCUT2D eigenvalue weighted by Gasteiger charge is -2.01. The summed E-state index contributed by atoms with van der Waals surface area (Å²) in [4.78, 5) is 0. The standard InChI is InChI=1S/C12H13N3/c1-9-3-2-4-10(7-9)8-11-5-6-12(13)15-14-11/h2-7H,8H2,1H3,(H2,13,15). The van der Waals surface area contributed by atoms with Crippen molar-refractivity contribution in [3.05, 3.63) is 53.2 Å². The van der Waals surface area contributed by atoms with Gasteiger partial charge in [-0.3, -0.25) is 0 Å². The van der Waals surface area contributed by atoms with Crippen LogP contribution in [0.5, 0.6) is 0 Å². The Bertz CT molecular complexity index is 449. The second kappa shape index (κ2) is 4.09. The van der Waals surface area contributed by atoms with E-state index in [9.17, 15) is 0 Å². The van der Waals surface area contributed by atoms with E-state index in [4.69, 9.17) is 5.73 Å². The van der Waals surface area contributed by atoms with Gasteiger partial charge in [-0.25, -0.2) is 0 Å². The molecule has 0 radical (unpaired) electrons. The lowest BCUT2D eigenvalue weighted by Crippen LogP contribution is -1.98. The van der Waals surface area contributed by atoms with Crippen LogP contribution in [0.2, 0.25) is 0 Å². The molecule has 0 aliphatic heterocycles. The summed E-state index contributed by atoms with van der Waals surface area (Å²) in [6, 6.07) is 12.1. The smallest absolute Gasteiger partial charge is 0.146 e. The molecular formula is C12H13N3. The number of nitrogen functional groups attached to an aromatic ring is 1. The molecule has 0 saturated carbocycles. The van der Waals surface area contributed by atoms with Crippen LogP contribution in [-0.2, 0) is 6.42 Å². The van der Waals surface area contributed by atoms with E-state index >= 15 is 0 Å². The van der Waals surface area contributed by atoms with Crippen molar-refractivity contribution in [2.75, 3.05) is 5.73 Å². The lowest BCUT2D eigenvalue weighted by atomic mass is 10.1. The number of hydrogen-bond acceptors (Lipinski definition) is 3. The van der Waals surface area contributed by atoms with Gasteiger partial charge in [-0.15, -0.1) is 5.10 Å². The third-order valence-corrected chi connectivity index (χ3v) is 2.21. The van der Waals surface area contributed by atoms with Crippen molar-refractivity contribution >= 4 is 5.82 Å². The second-order valence-corrected chi connectivity index (χ2v) is 3.62. The predicted molar refractivity (Wildman–Crippen MR) is 60.4 cm³/mol. The Balaban J connectivity index is 2.18. The maximum Gasteiger partial charge on any atom is 0.146 e. The van der Waals surface area contributed by atoms with Crippen LogP contribution in [-0.4, -0.2) is 10.2 Å². The Morgan fingerprint density at radius 2 is 2.00 bits per heavy atom. The minimum absolute atomic E-state index is 0.461. The summed E-state index contributed by atoms with van der Waals surface area (Å²) >= 11 is 0. The largest absolute Gasteiger partial charge is 0.382 e. The van der Waals surface area contributed by atoms with Crippen LogP contribution in [0.15, 0.2) is 36.4 Å². The lowest BCUT2D eigenvalue weighted by molar-refractivity contribution is 0.944. The Labute approximate surface area is 89.0 Å². The Kier molecular flexibility index (Phi) is 2.63. The molecule has 0 unspecified atom stereocenters. The maximum atomic E-state index is 5.47. The summed E-state index contributed by atoms with van der Waals surface area (Å²) in [7, 11) is 0. The molecule has 0 fully saturated rings. The number of aromatic nitrogens is 2. The average molecular weight is 199 g/mol. The molecule has 2 N–H and O–H groups in total. The number of nitrogens with zero attached hydrogens (tertiary/aromatic N) is 2. The molecule has 0 spiro atoms. The fourth-order valence-corrected chi connectivity index (χ4v) is 1.50. The molecule has 0 aliphatic rings. The highest BCUT2D eigenvalue weighted by Gasteiger charge is 1.98. The molecule has 1 heterocycles. The monoisotopic (exact) mass is 199 g/mol. The van der Waals surface area contributed by atoms with Gasteiger partial charge >= 0.3 is 0 Å². The molecule has 2 aromatic rings. The van der Waals surface area contributed by atoms with Crippen molar-refractivity contribution in [3.8, 4) is 0 Å². The molecule has 0 bridgehead atoms. The Morgan fingerprint density at radius 3 is 2.67 bits per heavy atom. The first-order valence-corrected chi connectivity index (χ1v) is 4.88. The molecule has 0 atom stereocenters. The molecule has 76 valence electrons. The van der Waals surface area contributed by atoms with Crippen LogP contribution in [0.3, 0.4) is 0 Å². The SMILES string of the molecule is Cc1cccc(Cc2ccc(N)nn2)c1. The van der Waals surface area contributed by atoms with E-state index in [1.165, 1.54) is 11.1 Å². The summed E-state index contributed by atoms with van der Waals surface area (Å²) < 4.78 is 0. The van der Waals surface area contributed by atoms with E-state index in [2.05, 4.69) is 41.4 Å². The van der Waals surface area contributed by atoms with Crippen molar-refractivity contribution in [2.24, 2.45) is 0 Å². The summed E-state index contributed by atoms with van der Waals surface area (Å²) in [6.45, 7) is 2.08. The van der Waals surface area contributed by atoms with Crippen LogP contribution >= 0.6 is 0 Å². The van der Waals surface area contributed by atoms with E-state index in [-0.39, 0.29) is 0 Å². The van der Waals surface area contributed by atoms with Crippen molar-refractivity contribution in [1.29, 1.82) is 0 Å². The first kappa shape index (κ1) is 9.65. The van der Waals surface area contributed by atoms with Gasteiger partial charge in [-0.05, 0) is 24.6 Å². The van der Waals surface area contributed by atoms with Gasteiger partial charge in [-0.2, -0.15) is 5.10 Å². The van der Waals surface area contributed by atoms with Gasteiger partial charge in [0.2, 0.25) is 0 Å². The van der Waals surface area contributed by atoms with E-state index in [0.29, 0.717) is 5.82 Å². The van der Waals surface area contributed by atoms with Gasteiger partial charge in [0.05, 0.1) is 5.69 Å². The van der Waals surface area contributed by atoms with Crippen molar-refractivity contribution in [3.63, 3.8) is 0 Å². The van der Waals surface area contributed by atoms with Gasteiger partial charge in [-0.1, -0.05) is 29.8 Å². The second-order valence-electron chi connectivity index (χ2n) is 3.62. The first-order chi connectivity index (χ1) is 7.24. The Morgan fingerprint density at radius 1 is 1.13 bits per heavy atom. The van der Waals surface area contributed by atoms with Crippen LogP contribution in [0.25, 0.3) is 0 Å². The number of nitrogens with two attached hydrogens (primary N) is 1. The molecule has 2 rings (SSSR count). The third kappa shape index (κ3) is 2.53. The minimum Gasteiger partial charge on any atom is -0.382 e. The maximum absolute atomic E-state index is 5.47. The van der Waals surface area contributed by atoms with Crippen LogP contribution in [0, 0.1) is 6.92 Å². The van der Waals surface area contributed by atoms with E-state index in [1.54, 1.807) is 6.07 Å². The number of hydrogen-bond donors (Lipinski definition) is 1. The van der Waals surface area contributed by atoms with Crippen LogP contribution in [0.1, 0.15) is 16.8 Å². The number of benzene rings is 1. The predicted octanol–water partition coefficient (Wildman–Crippen LogP) is 1.96. The van der Waals surface area contributed by atoms with Crippen molar-refractivity contribution < 1.29 is 0 Å². The molecule has 0 amide bonds. The molecule has 1 aromatic heterocycles. The molecule has 1 aromatic carbocycles. The highest BCUT2D eigenvalue weighted by Crippen LogP contribution is 2.09. The molecule has 0 saturated heterocycles. The minimum atomic E-state index is 0.461. The summed E-state index contributed by atoms with van der Waals surface area (Å²) in [6.07, 6.45) is 0.801. The highest BCUT2D eigenvalue weighted by atomic mass is 15.1. The zero-order chi connectivity index (χ0) is 10.7. The van der Waals surface area contributed by atoms with Crippen molar-refractivity contribution in [2.45, 2.75) is 13.3 Å². The molecule has 3 heteroatoms. The molecular weight excluding hydrogens is 186 g/mol. The van der Waals surface area contributed by atoms with Crippen LogP contribution in [0.4, 0.5) is 5.82 Å². The van der Waals surface area contributed by atoms with Gasteiger partial charge in [0.25, 0.3) is 0 Å². The first-order valence-electron chi connectivity index (χ1n) is 4.88. The molecule has 15 heavy (non-hydrogen) atoms. The normalized spacial score (nSPS) is 10.2. The summed E-state index contributed by atoms with van der Waals surface area (Å²) in [5.74, 6) is 0.461. The number of rotatable bonds is 2. The summed E-state index contributed by atoms with van der Waals surface area (Å²) in [5.41, 5.74) is 8.91. The topological polar surface area (TPSA) is 51.8 Å². The van der Waals surface area contributed by atoms with Gasteiger partial charge in [0, 0.05) is 6.42 Å². The fourth-order valence-electron chi connectivity index (χ4n) is 1.50. The van der Waals surface area contributed by atoms with E-state index < -0.39 is 0 Å². The quantitative estimate of drug-likeness (QED) is 0.804. The average Bonchev–Trinajstić information content (AvgIpc) is 2.22. The zero-order valence-corrected chi connectivity index (χ0v) is 8.64. The fraction of sp³-hybridized carbons (Fsp3) is 0.167. The van der Waals surface area contributed by atoms with Gasteiger partial charge in [0.15, 0.2) is 0 Å². The number of aryl methyl sites for hydroxylation is 1. The summed E-state index contributed by atoms with van der Waals surface area (Å²) in [5, 5.41) is 7.85. The Hall–Kier alpha value is -1.90. The van der Waals surface area contributed by atoms with Gasteiger partial charge in [0.1, 0.15) is 5.82 Å². The highest BCUT2D eigenvalue weighted by molar-refractivity contribution is 5.29. The van der Waals surface area contributed by atoms with Crippen LogP contribution < -0.4 is 5.73 Å². The zero-order valence-electron chi connectivity index (χ0n) is 8.64.